The first kappa shape index (κ1) is 17.1. The number of hydrogen-bond acceptors (Lipinski definition) is 3. The monoisotopic (exact) mass is 520 g/mol. The number of ether oxygens (including phenoxy) is 1. The molecule has 0 bridgehead atoms. The molecule has 1 rings (SSSR count). The first-order valence-electron chi connectivity index (χ1n) is 4.98. The van der Waals surface area contributed by atoms with Crippen molar-refractivity contribution < 1.29 is 19.4 Å². The minimum absolute atomic E-state index is 0.0387. The minimum Gasteiger partial charge on any atom is -0.478 e. The maximum Gasteiger partial charge on any atom is 0.340 e. The lowest BCUT2D eigenvalue weighted by atomic mass is 10.1. The lowest BCUT2D eigenvalue weighted by molar-refractivity contribution is 0.0369. The molecule has 1 aromatic rings. The number of halogens is 4. The van der Waals surface area contributed by atoms with Crippen LogP contribution in [0.1, 0.15) is 34.6 Å². The fourth-order valence-corrected chi connectivity index (χ4v) is 3.75. The van der Waals surface area contributed by atoms with Gasteiger partial charge in [-0.05, 0) is 77.6 Å². The highest BCUT2D eigenvalue weighted by atomic mass is 79.9. The summed E-state index contributed by atoms with van der Waals surface area (Å²) in [5, 5.41) is 9.27. The van der Waals surface area contributed by atoms with E-state index in [4.69, 9.17) is 4.74 Å². The standard InChI is InChI=1S/C11H8Br4O4/c1-3(2)19-11(18)5-4(10(16)17)6(12)8(14)9(15)7(5)13/h3H,1-2H3,(H,16,17). The Kier molecular flexibility index (Phi) is 6.03. The smallest absolute Gasteiger partial charge is 0.340 e. The molecular weight excluding hydrogens is 516 g/mol. The van der Waals surface area contributed by atoms with Crippen molar-refractivity contribution in [3.8, 4) is 0 Å². The third-order valence-corrected chi connectivity index (χ3v) is 6.80. The Labute approximate surface area is 143 Å². The average molecular weight is 524 g/mol. The predicted molar refractivity (Wildman–Crippen MR) is 84.8 cm³/mol. The van der Waals surface area contributed by atoms with Crippen molar-refractivity contribution in [2.24, 2.45) is 0 Å². The Morgan fingerprint density at radius 2 is 1.37 bits per heavy atom. The molecule has 0 heterocycles. The number of carbonyl (C=O) groups is 2. The average Bonchev–Trinajstić information content (AvgIpc) is 2.29. The van der Waals surface area contributed by atoms with Crippen LogP contribution in [0.4, 0.5) is 0 Å². The molecule has 0 aliphatic rings. The van der Waals surface area contributed by atoms with Crippen molar-refractivity contribution >= 4 is 75.7 Å². The Hall–Kier alpha value is 0.0800. The summed E-state index contributed by atoms with van der Waals surface area (Å²) in [6, 6.07) is 0. The summed E-state index contributed by atoms with van der Waals surface area (Å²) in [4.78, 5) is 23.4. The molecule has 1 N–H and O–H groups in total. The van der Waals surface area contributed by atoms with Gasteiger partial charge in [0, 0.05) is 17.9 Å². The first-order chi connectivity index (χ1) is 8.68. The summed E-state index contributed by atoms with van der Waals surface area (Å²) < 4.78 is 6.69. The summed E-state index contributed by atoms with van der Waals surface area (Å²) in [6.45, 7) is 3.38. The van der Waals surface area contributed by atoms with Crippen molar-refractivity contribution in [3.63, 3.8) is 0 Å². The molecule has 0 unspecified atom stereocenters. The van der Waals surface area contributed by atoms with Gasteiger partial charge in [-0.3, -0.25) is 0 Å². The Morgan fingerprint density at radius 3 is 1.74 bits per heavy atom. The SMILES string of the molecule is CC(C)OC(=O)c1c(Br)c(Br)c(Br)c(Br)c1C(=O)O. The summed E-state index contributed by atoms with van der Waals surface area (Å²) in [7, 11) is 0. The van der Waals surface area contributed by atoms with Crippen LogP contribution in [0.3, 0.4) is 0 Å². The molecule has 0 aliphatic carbocycles. The fourth-order valence-electron chi connectivity index (χ4n) is 1.30. The van der Waals surface area contributed by atoms with Gasteiger partial charge < -0.3 is 9.84 Å². The second-order valence-corrected chi connectivity index (χ2v) is 6.94. The normalized spacial score (nSPS) is 10.7. The van der Waals surface area contributed by atoms with E-state index in [9.17, 15) is 14.7 Å². The van der Waals surface area contributed by atoms with Crippen molar-refractivity contribution in [1.82, 2.24) is 0 Å². The maximum absolute atomic E-state index is 12.0. The highest BCUT2D eigenvalue weighted by Gasteiger charge is 2.29. The highest BCUT2D eigenvalue weighted by Crippen LogP contribution is 2.42. The number of hydrogen-bond donors (Lipinski definition) is 1. The molecule has 0 amide bonds. The highest BCUT2D eigenvalue weighted by molar-refractivity contribution is 9.15. The molecule has 0 aromatic heterocycles. The zero-order valence-corrected chi connectivity index (χ0v) is 16.1. The van der Waals surface area contributed by atoms with Crippen LogP contribution >= 0.6 is 63.7 Å². The van der Waals surface area contributed by atoms with Gasteiger partial charge in [-0.15, -0.1) is 0 Å². The van der Waals surface area contributed by atoms with Crippen molar-refractivity contribution in [2.75, 3.05) is 0 Å². The van der Waals surface area contributed by atoms with E-state index < -0.39 is 11.9 Å². The molecule has 0 saturated carbocycles. The first-order valence-corrected chi connectivity index (χ1v) is 8.15. The van der Waals surface area contributed by atoms with Crippen LogP contribution in [0.25, 0.3) is 0 Å². The van der Waals surface area contributed by atoms with Gasteiger partial charge in [-0.25, -0.2) is 9.59 Å². The number of benzene rings is 1. The number of aromatic carboxylic acids is 1. The van der Waals surface area contributed by atoms with E-state index in [0.29, 0.717) is 13.4 Å². The van der Waals surface area contributed by atoms with Gasteiger partial charge in [0.25, 0.3) is 0 Å². The molecule has 0 aliphatic heterocycles. The van der Waals surface area contributed by atoms with E-state index in [2.05, 4.69) is 63.7 Å². The number of carbonyl (C=O) groups excluding carboxylic acids is 1. The third kappa shape index (κ3) is 3.59. The summed E-state index contributed by atoms with van der Waals surface area (Å²) in [5.41, 5.74) is -0.198. The fraction of sp³-hybridized carbons (Fsp3) is 0.273. The van der Waals surface area contributed by atoms with Crippen LogP contribution in [0.5, 0.6) is 0 Å². The second-order valence-electron chi connectivity index (χ2n) is 3.77. The van der Waals surface area contributed by atoms with Gasteiger partial charge in [0.1, 0.15) is 0 Å². The van der Waals surface area contributed by atoms with Crippen LogP contribution in [-0.2, 0) is 4.74 Å². The van der Waals surface area contributed by atoms with Crippen molar-refractivity contribution in [2.45, 2.75) is 20.0 Å². The van der Waals surface area contributed by atoms with E-state index in [-0.39, 0.29) is 21.7 Å². The van der Waals surface area contributed by atoms with Crippen molar-refractivity contribution in [3.05, 3.63) is 29.0 Å². The molecule has 4 nitrogen and oxygen atoms in total. The van der Waals surface area contributed by atoms with E-state index in [0.717, 1.165) is 0 Å². The van der Waals surface area contributed by atoms with Crippen LogP contribution in [-0.4, -0.2) is 23.1 Å². The van der Waals surface area contributed by atoms with Crippen LogP contribution in [0.15, 0.2) is 17.9 Å². The minimum atomic E-state index is -1.23. The van der Waals surface area contributed by atoms with Gasteiger partial charge in [0.2, 0.25) is 0 Å². The van der Waals surface area contributed by atoms with E-state index in [1.54, 1.807) is 13.8 Å². The molecule has 0 radical (unpaired) electrons. The second kappa shape index (κ2) is 6.69. The largest absolute Gasteiger partial charge is 0.478 e. The number of carboxylic acid groups (broad SMARTS) is 1. The predicted octanol–water partition coefficient (Wildman–Crippen LogP) is 5.00. The van der Waals surface area contributed by atoms with E-state index in [1.807, 2.05) is 0 Å². The lowest BCUT2D eigenvalue weighted by Crippen LogP contribution is -2.17. The quantitative estimate of drug-likeness (QED) is 0.344. The molecule has 0 saturated heterocycles. The Bertz CT molecular complexity index is 554. The zero-order valence-electron chi connectivity index (χ0n) is 9.76. The number of esters is 1. The molecule has 1 aromatic carbocycles. The van der Waals surface area contributed by atoms with Gasteiger partial charge >= 0.3 is 11.9 Å². The number of carboxylic acids is 1. The summed E-state index contributed by atoms with van der Waals surface area (Å²) in [6.07, 6.45) is -0.345. The summed E-state index contributed by atoms with van der Waals surface area (Å²) >= 11 is 12.9. The van der Waals surface area contributed by atoms with Crippen LogP contribution < -0.4 is 0 Å². The maximum atomic E-state index is 12.0. The molecule has 0 atom stereocenters. The Balaban J connectivity index is 3.61. The van der Waals surface area contributed by atoms with Crippen LogP contribution in [0, 0.1) is 0 Å². The van der Waals surface area contributed by atoms with E-state index in [1.165, 1.54) is 0 Å². The molecule has 8 heteroatoms. The van der Waals surface area contributed by atoms with E-state index >= 15 is 0 Å². The number of rotatable bonds is 3. The van der Waals surface area contributed by atoms with Gasteiger partial charge in [0.15, 0.2) is 0 Å². The van der Waals surface area contributed by atoms with Gasteiger partial charge in [0.05, 0.1) is 17.2 Å². The third-order valence-electron chi connectivity index (χ3n) is 2.03. The summed E-state index contributed by atoms with van der Waals surface area (Å²) in [5.74, 6) is -1.93. The van der Waals surface area contributed by atoms with Gasteiger partial charge in [-0.1, -0.05) is 0 Å². The molecule has 19 heavy (non-hydrogen) atoms. The van der Waals surface area contributed by atoms with Crippen molar-refractivity contribution in [1.29, 1.82) is 0 Å². The molecule has 0 fully saturated rings. The molecule has 104 valence electrons. The van der Waals surface area contributed by atoms with Gasteiger partial charge in [-0.2, -0.15) is 0 Å². The Morgan fingerprint density at radius 1 is 0.947 bits per heavy atom. The zero-order chi connectivity index (χ0) is 14.9. The topological polar surface area (TPSA) is 63.6 Å². The molecule has 0 spiro atoms. The molecular formula is C11H8Br4O4. The lowest BCUT2D eigenvalue weighted by Gasteiger charge is -2.15. The van der Waals surface area contributed by atoms with Crippen LogP contribution in [0.2, 0.25) is 0 Å².